The summed E-state index contributed by atoms with van der Waals surface area (Å²) in [5, 5.41) is 19.7. The first-order valence-corrected chi connectivity index (χ1v) is 14.9. The van der Waals surface area contributed by atoms with Gasteiger partial charge in [-0.15, -0.1) is 0 Å². The number of ether oxygens (including phenoxy) is 2. The van der Waals surface area contributed by atoms with Gasteiger partial charge in [-0.1, -0.05) is 25.7 Å². The van der Waals surface area contributed by atoms with Gasteiger partial charge in [-0.05, 0) is 79.6 Å². The Morgan fingerprint density at radius 2 is 1.38 bits per heavy atom. The van der Waals surface area contributed by atoms with Gasteiger partial charge in [-0.3, -0.25) is 25.0 Å². The largest absolute Gasteiger partial charge is 0.481 e. The number of amides is 4. The van der Waals surface area contributed by atoms with Crippen LogP contribution >= 0.6 is 0 Å². The summed E-state index contributed by atoms with van der Waals surface area (Å²) in [4.78, 5) is 66.4. The van der Waals surface area contributed by atoms with E-state index in [4.69, 9.17) is 9.47 Å². The highest BCUT2D eigenvalue weighted by molar-refractivity contribution is 6.01. The third kappa shape index (κ3) is 13.5. The van der Waals surface area contributed by atoms with Crippen LogP contribution in [0.1, 0.15) is 106 Å². The molecule has 0 bridgehead atoms. The second kappa shape index (κ2) is 15.7. The van der Waals surface area contributed by atoms with Crippen molar-refractivity contribution in [3.63, 3.8) is 0 Å². The van der Waals surface area contributed by atoms with Gasteiger partial charge >= 0.3 is 18.2 Å². The van der Waals surface area contributed by atoms with E-state index in [1.807, 2.05) is 0 Å². The average molecular weight is 596 g/mol. The summed E-state index contributed by atoms with van der Waals surface area (Å²) in [6.45, 7) is 10.1. The topological polar surface area (TPSA) is 185 Å². The number of hydrogen-bond donors (Lipinski definition) is 5. The maximum absolute atomic E-state index is 12.9. The molecule has 5 N–H and O–H groups in total. The number of rotatable bonds is 8. The lowest BCUT2D eigenvalue weighted by Gasteiger charge is -2.29. The van der Waals surface area contributed by atoms with E-state index in [-0.39, 0.29) is 42.8 Å². The summed E-state index contributed by atoms with van der Waals surface area (Å²) in [6.07, 6.45) is 5.19. The first kappa shape index (κ1) is 34.8. The van der Waals surface area contributed by atoms with Crippen molar-refractivity contribution in [2.45, 2.75) is 123 Å². The molecule has 0 aliphatic heterocycles. The fourth-order valence-corrected chi connectivity index (χ4v) is 5.29. The van der Waals surface area contributed by atoms with Crippen molar-refractivity contribution < 1.29 is 38.6 Å². The molecule has 0 saturated heterocycles. The minimum Gasteiger partial charge on any atom is -0.481 e. The van der Waals surface area contributed by atoms with Crippen molar-refractivity contribution in [3.05, 3.63) is 0 Å². The predicted octanol–water partition coefficient (Wildman–Crippen LogP) is 3.81. The Bertz CT molecular complexity index is 963. The van der Waals surface area contributed by atoms with E-state index in [1.54, 1.807) is 41.5 Å². The van der Waals surface area contributed by atoms with E-state index in [9.17, 15) is 29.1 Å². The van der Waals surface area contributed by atoms with Gasteiger partial charge in [0.15, 0.2) is 0 Å². The highest BCUT2D eigenvalue weighted by atomic mass is 16.6. The quantitative estimate of drug-likeness (QED) is 0.159. The molecule has 3 atom stereocenters. The van der Waals surface area contributed by atoms with E-state index in [0.29, 0.717) is 25.7 Å². The van der Waals surface area contributed by atoms with Gasteiger partial charge in [0.2, 0.25) is 17.8 Å². The molecule has 42 heavy (non-hydrogen) atoms. The zero-order valence-corrected chi connectivity index (χ0v) is 25.8. The van der Waals surface area contributed by atoms with Gasteiger partial charge in [0.25, 0.3) is 0 Å². The van der Waals surface area contributed by atoms with Gasteiger partial charge in [-0.25, -0.2) is 14.6 Å². The lowest BCUT2D eigenvalue weighted by Crippen LogP contribution is -2.48. The van der Waals surface area contributed by atoms with E-state index in [0.717, 1.165) is 32.1 Å². The van der Waals surface area contributed by atoms with Crippen molar-refractivity contribution >= 4 is 35.9 Å². The molecule has 0 heterocycles. The third-order valence-corrected chi connectivity index (χ3v) is 7.04. The second-order valence-electron chi connectivity index (χ2n) is 13.1. The third-order valence-electron chi connectivity index (χ3n) is 7.04. The summed E-state index contributed by atoms with van der Waals surface area (Å²) in [5.41, 5.74) is -1.54. The Hall–Kier alpha value is -3.38. The van der Waals surface area contributed by atoms with Crippen LogP contribution in [0.25, 0.3) is 0 Å². The molecule has 2 aliphatic carbocycles. The number of carboxylic acids is 1. The molecule has 2 rings (SSSR count). The van der Waals surface area contributed by atoms with Crippen molar-refractivity contribution in [1.29, 1.82) is 0 Å². The Morgan fingerprint density at radius 3 is 1.90 bits per heavy atom. The maximum Gasteiger partial charge on any atom is 0.414 e. The average Bonchev–Trinajstić information content (AvgIpc) is 2.85. The van der Waals surface area contributed by atoms with Crippen LogP contribution in [0.3, 0.4) is 0 Å². The molecule has 2 aliphatic rings. The van der Waals surface area contributed by atoms with Crippen LogP contribution in [0.2, 0.25) is 0 Å². The molecular weight excluding hydrogens is 546 g/mol. The van der Waals surface area contributed by atoms with Crippen LogP contribution in [0.4, 0.5) is 9.59 Å². The number of guanidine groups is 1. The Labute approximate surface area is 248 Å². The molecule has 2 fully saturated rings. The Morgan fingerprint density at radius 1 is 0.810 bits per heavy atom. The number of carboxylic acid groups (broad SMARTS) is 1. The highest BCUT2D eigenvalue weighted by Gasteiger charge is 2.32. The van der Waals surface area contributed by atoms with Crippen LogP contribution < -0.4 is 21.3 Å². The Balaban J connectivity index is 1.99. The SMILES string of the molecule is CC(C)(C)OC(=O)NC(=NC1CCCC(C(=O)NCNC(=O)C(CC(=O)O)C2CCCCC2)C1)NC(=O)OC(C)(C)C. The van der Waals surface area contributed by atoms with Crippen LogP contribution in [0, 0.1) is 17.8 Å². The minimum atomic E-state index is -1.01. The lowest BCUT2D eigenvalue weighted by atomic mass is 9.78. The number of carbonyl (C=O) groups excluding carboxylic acids is 4. The summed E-state index contributed by atoms with van der Waals surface area (Å²) in [7, 11) is 0. The van der Waals surface area contributed by atoms with E-state index in [2.05, 4.69) is 26.3 Å². The minimum absolute atomic E-state index is 0.0280. The van der Waals surface area contributed by atoms with Gasteiger partial charge < -0.3 is 25.2 Å². The van der Waals surface area contributed by atoms with Crippen LogP contribution in [-0.2, 0) is 23.9 Å². The number of carbonyl (C=O) groups is 5. The van der Waals surface area contributed by atoms with Crippen molar-refractivity contribution in [3.8, 4) is 0 Å². The van der Waals surface area contributed by atoms with E-state index < -0.39 is 41.2 Å². The van der Waals surface area contributed by atoms with Crippen LogP contribution in [0.5, 0.6) is 0 Å². The zero-order valence-electron chi connectivity index (χ0n) is 25.8. The fraction of sp³-hybridized carbons (Fsp3) is 0.793. The lowest BCUT2D eigenvalue weighted by molar-refractivity contribution is -0.142. The molecular formula is C29H49N5O8. The Kier molecular flexibility index (Phi) is 13.0. The first-order chi connectivity index (χ1) is 19.5. The van der Waals surface area contributed by atoms with Crippen LogP contribution in [-0.4, -0.2) is 64.9 Å². The molecule has 3 unspecified atom stereocenters. The van der Waals surface area contributed by atoms with Crippen molar-refractivity contribution in [2.75, 3.05) is 6.67 Å². The molecule has 238 valence electrons. The summed E-state index contributed by atoms with van der Waals surface area (Å²) >= 11 is 0. The van der Waals surface area contributed by atoms with Crippen LogP contribution in [0.15, 0.2) is 4.99 Å². The maximum atomic E-state index is 12.9. The zero-order chi connectivity index (χ0) is 31.5. The first-order valence-electron chi connectivity index (χ1n) is 14.9. The number of alkyl carbamates (subject to hydrolysis) is 2. The number of nitrogens with zero attached hydrogens (tertiary/aromatic N) is 1. The molecule has 13 nitrogen and oxygen atoms in total. The van der Waals surface area contributed by atoms with Gasteiger partial charge in [0.1, 0.15) is 11.2 Å². The molecule has 0 aromatic rings. The highest BCUT2D eigenvalue weighted by Crippen LogP contribution is 2.32. The monoisotopic (exact) mass is 595 g/mol. The molecule has 0 radical (unpaired) electrons. The number of aliphatic imine (C=N–C) groups is 1. The summed E-state index contributed by atoms with van der Waals surface area (Å²) in [6, 6.07) is -0.379. The molecule has 2 saturated carbocycles. The number of hydrogen-bond acceptors (Lipinski definition) is 8. The number of nitrogens with one attached hydrogen (secondary N) is 4. The van der Waals surface area contributed by atoms with Crippen molar-refractivity contribution in [2.24, 2.45) is 22.7 Å². The van der Waals surface area contributed by atoms with Gasteiger partial charge in [0, 0.05) is 5.92 Å². The smallest absolute Gasteiger partial charge is 0.414 e. The molecule has 0 aromatic carbocycles. The molecule has 0 spiro atoms. The van der Waals surface area contributed by atoms with Gasteiger partial charge in [-0.2, -0.15) is 0 Å². The van der Waals surface area contributed by atoms with Gasteiger partial charge in [0.05, 0.1) is 25.0 Å². The summed E-state index contributed by atoms with van der Waals surface area (Å²) < 4.78 is 10.6. The van der Waals surface area contributed by atoms with Crippen molar-refractivity contribution in [1.82, 2.24) is 21.3 Å². The normalized spacial score (nSPS) is 20.3. The standard InChI is InChI=1S/C29H49N5O8/c1-28(2,3)41-26(39)33-25(34-27(40)42-29(4,5)6)32-20-14-10-13-19(15-20)23(37)30-17-31-24(38)21(16-22(35)36)18-11-8-7-9-12-18/h18-21H,7-17H2,1-6H3,(H,30,37)(H,31,38)(H,35,36)(H2,32,33,34,39,40). The predicted molar refractivity (Wildman–Crippen MR) is 155 cm³/mol. The summed E-state index contributed by atoms with van der Waals surface area (Å²) in [5.74, 6) is -2.76. The molecule has 13 heteroatoms. The molecule has 4 amide bonds. The molecule has 0 aromatic heterocycles. The second-order valence-corrected chi connectivity index (χ2v) is 13.1. The number of aliphatic carboxylic acids is 1. The van der Waals surface area contributed by atoms with E-state index >= 15 is 0 Å². The fourth-order valence-electron chi connectivity index (χ4n) is 5.29. The van der Waals surface area contributed by atoms with E-state index in [1.165, 1.54) is 0 Å².